The van der Waals surface area contributed by atoms with E-state index in [0.29, 0.717) is 18.6 Å². The van der Waals surface area contributed by atoms with Gasteiger partial charge in [-0.25, -0.2) is 8.78 Å². The highest BCUT2D eigenvalue weighted by atomic mass is 19.2. The van der Waals surface area contributed by atoms with Gasteiger partial charge in [0, 0.05) is 25.7 Å². The summed E-state index contributed by atoms with van der Waals surface area (Å²) in [5.41, 5.74) is 0.0498. The highest BCUT2D eigenvalue weighted by molar-refractivity contribution is 5.84. The van der Waals surface area contributed by atoms with Crippen LogP contribution in [0.4, 0.5) is 8.78 Å². The summed E-state index contributed by atoms with van der Waals surface area (Å²) < 4.78 is 32.1. The first kappa shape index (κ1) is 15.4. The smallest absolute Gasteiger partial charge is 0.226 e. The first-order valence-corrected chi connectivity index (χ1v) is 7.81. The summed E-state index contributed by atoms with van der Waals surface area (Å²) >= 11 is 0. The zero-order valence-electron chi connectivity index (χ0n) is 12.7. The first-order valence-electron chi connectivity index (χ1n) is 7.81. The van der Waals surface area contributed by atoms with Crippen molar-refractivity contribution < 1.29 is 18.3 Å². The van der Waals surface area contributed by atoms with Crippen LogP contribution in [-0.4, -0.2) is 25.7 Å². The van der Waals surface area contributed by atoms with Crippen LogP contribution in [0.3, 0.4) is 0 Å². The van der Waals surface area contributed by atoms with E-state index in [1.807, 2.05) is 0 Å². The van der Waals surface area contributed by atoms with Gasteiger partial charge < -0.3 is 10.1 Å². The average Bonchev–Trinajstić information content (AvgIpc) is 3.20. The van der Waals surface area contributed by atoms with Crippen LogP contribution in [0.1, 0.15) is 43.6 Å². The molecule has 0 aromatic heterocycles. The zero-order chi connectivity index (χ0) is 15.7. The van der Waals surface area contributed by atoms with Crippen LogP contribution < -0.4 is 5.32 Å². The number of carbonyl (C=O) groups excluding carboxylic acids is 1. The molecule has 5 heteroatoms. The van der Waals surface area contributed by atoms with Crippen molar-refractivity contribution in [2.75, 3.05) is 13.7 Å². The fourth-order valence-electron chi connectivity index (χ4n) is 3.32. The maximum atomic E-state index is 13.8. The Hall–Kier alpha value is -1.49. The van der Waals surface area contributed by atoms with E-state index < -0.39 is 11.6 Å². The van der Waals surface area contributed by atoms with Crippen LogP contribution in [-0.2, 0) is 9.53 Å². The largest absolute Gasteiger partial charge is 0.385 e. The van der Waals surface area contributed by atoms with Crippen molar-refractivity contribution in [2.45, 2.75) is 44.1 Å². The van der Waals surface area contributed by atoms with Crippen molar-refractivity contribution in [2.24, 2.45) is 5.41 Å². The molecule has 0 radical (unpaired) electrons. The molecular weight excluding hydrogens is 288 g/mol. The summed E-state index contributed by atoms with van der Waals surface area (Å²) in [5.74, 6) is -1.69. The van der Waals surface area contributed by atoms with Gasteiger partial charge in [0.2, 0.25) is 5.91 Å². The molecule has 2 unspecified atom stereocenters. The van der Waals surface area contributed by atoms with Crippen molar-refractivity contribution in [1.29, 1.82) is 0 Å². The Morgan fingerprint density at radius 2 is 2.18 bits per heavy atom. The number of rotatable bonds is 6. The Kier molecular flexibility index (Phi) is 4.17. The van der Waals surface area contributed by atoms with Crippen LogP contribution >= 0.6 is 0 Å². The van der Waals surface area contributed by atoms with Gasteiger partial charge in [-0.05, 0) is 37.3 Å². The fourth-order valence-corrected chi connectivity index (χ4v) is 3.32. The zero-order valence-corrected chi connectivity index (χ0v) is 12.7. The Bertz CT molecular complexity index is 572. The van der Waals surface area contributed by atoms with E-state index in [0.717, 1.165) is 31.7 Å². The van der Waals surface area contributed by atoms with E-state index in [2.05, 4.69) is 5.32 Å². The van der Waals surface area contributed by atoms with Crippen LogP contribution in [0.2, 0.25) is 0 Å². The Labute approximate surface area is 129 Å². The predicted octanol–water partition coefficient (Wildman–Crippen LogP) is 3.14. The lowest BCUT2D eigenvalue weighted by Gasteiger charge is -2.40. The van der Waals surface area contributed by atoms with Gasteiger partial charge in [0.25, 0.3) is 0 Å². The molecule has 0 aliphatic heterocycles. The van der Waals surface area contributed by atoms with Crippen LogP contribution in [0, 0.1) is 17.0 Å². The van der Waals surface area contributed by atoms with Crippen molar-refractivity contribution in [1.82, 2.24) is 5.32 Å². The van der Waals surface area contributed by atoms with Gasteiger partial charge >= 0.3 is 0 Å². The molecule has 0 bridgehead atoms. The van der Waals surface area contributed by atoms with Crippen molar-refractivity contribution in [3.05, 3.63) is 35.4 Å². The molecule has 1 aromatic carbocycles. The Morgan fingerprint density at radius 1 is 1.41 bits per heavy atom. The molecule has 0 saturated heterocycles. The molecule has 3 nitrogen and oxygen atoms in total. The number of benzene rings is 1. The maximum Gasteiger partial charge on any atom is 0.226 e. The average molecular weight is 309 g/mol. The molecule has 1 aromatic rings. The van der Waals surface area contributed by atoms with Gasteiger partial charge in [-0.15, -0.1) is 0 Å². The molecule has 0 spiro atoms. The third-order valence-electron chi connectivity index (χ3n) is 5.06. The summed E-state index contributed by atoms with van der Waals surface area (Å²) in [6, 6.07) is 4.14. The number of nitrogens with one attached hydrogen (secondary N) is 1. The lowest BCUT2D eigenvalue weighted by Crippen LogP contribution is -2.47. The monoisotopic (exact) mass is 309 g/mol. The molecule has 2 aliphatic carbocycles. The number of carbonyl (C=O) groups is 1. The third kappa shape index (κ3) is 2.74. The summed E-state index contributed by atoms with van der Waals surface area (Å²) in [7, 11) is 1.63. The number of halogens is 2. The number of ether oxygens (including phenoxy) is 1. The van der Waals surface area contributed by atoms with Gasteiger partial charge in [-0.3, -0.25) is 4.79 Å². The maximum absolute atomic E-state index is 13.8. The second-order valence-corrected chi connectivity index (χ2v) is 6.44. The lowest BCUT2D eigenvalue weighted by atomic mass is 9.66. The van der Waals surface area contributed by atoms with E-state index in [4.69, 9.17) is 4.74 Å². The quantitative estimate of drug-likeness (QED) is 0.876. The number of hydrogen-bond donors (Lipinski definition) is 1. The van der Waals surface area contributed by atoms with Crippen LogP contribution in [0.15, 0.2) is 18.2 Å². The van der Waals surface area contributed by atoms with E-state index in [-0.39, 0.29) is 23.3 Å². The van der Waals surface area contributed by atoms with Crippen LogP contribution in [0.5, 0.6) is 0 Å². The molecule has 2 saturated carbocycles. The van der Waals surface area contributed by atoms with Crippen LogP contribution in [0.25, 0.3) is 0 Å². The standard InChI is InChI=1S/C17H21F2NO2/c1-22-9-8-17(6-3-7-17)16(21)20-14-10-12(14)11-4-2-5-13(18)15(11)19/h2,4-5,12,14H,3,6-10H2,1H3,(H,20,21). The summed E-state index contributed by atoms with van der Waals surface area (Å²) in [4.78, 5) is 12.5. The second kappa shape index (κ2) is 5.95. The molecule has 1 amide bonds. The molecule has 120 valence electrons. The molecule has 0 heterocycles. The predicted molar refractivity (Wildman–Crippen MR) is 78.4 cm³/mol. The van der Waals surface area contributed by atoms with Gasteiger partial charge in [0.05, 0.1) is 5.41 Å². The minimum atomic E-state index is -0.829. The number of methoxy groups -OCH3 is 1. The normalized spacial score (nSPS) is 25.4. The highest BCUT2D eigenvalue weighted by Gasteiger charge is 2.48. The SMILES string of the molecule is COCCC1(C(=O)NC2CC2c2cccc(F)c2F)CCC1. The van der Waals surface area contributed by atoms with Gasteiger partial charge in [0.15, 0.2) is 11.6 Å². The van der Waals surface area contributed by atoms with E-state index in [1.165, 1.54) is 6.07 Å². The number of hydrogen-bond acceptors (Lipinski definition) is 2. The second-order valence-electron chi connectivity index (χ2n) is 6.44. The third-order valence-corrected chi connectivity index (χ3v) is 5.06. The van der Waals surface area contributed by atoms with Gasteiger partial charge in [-0.2, -0.15) is 0 Å². The summed E-state index contributed by atoms with van der Waals surface area (Å²) in [6.07, 6.45) is 4.22. The minimum absolute atomic E-state index is 0.0418. The first-order chi connectivity index (χ1) is 10.6. The Balaban J connectivity index is 1.61. The van der Waals surface area contributed by atoms with Crippen molar-refractivity contribution in [3.8, 4) is 0 Å². The summed E-state index contributed by atoms with van der Waals surface area (Å²) in [6.45, 7) is 0.569. The molecule has 1 N–H and O–H groups in total. The van der Waals surface area contributed by atoms with Gasteiger partial charge in [0.1, 0.15) is 0 Å². The van der Waals surface area contributed by atoms with E-state index in [1.54, 1.807) is 13.2 Å². The van der Waals surface area contributed by atoms with Crippen molar-refractivity contribution >= 4 is 5.91 Å². The Morgan fingerprint density at radius 3 is 2.82 bits per heavy atom. The lowest BCUT2D eigenvalue weighted by molar-refractivity contribution is -0.137. The molecule has 2 atom stereocenters. The topological polar surface area (TPSA) is 38.3 Å². The highest BCUT2D eigenvalue weighted by Crippen LogP contribution is 2.47. The molecule has 22 heavy (non-hydrogen) atoms. The minimum Gasteiger partial charge on any atom is -0.385 e. The van der Waals surface area contributed by atoms with Crippen molar-refractivity contribution in [3.63, 3.8) is 0 Å². The van der Waals surface area contributed by atoms with E-state index in [9.17, 15) is 13.6 Å². The molecule has 2 fully saturated rings. The number of amides is 1. The fraction of sp³-hybridized carbons (Fsp3) is 0.588. The van der Waals surface area contributed by atoms with Gasteiger partial charge in [-0.1, -0.05) is 18.6 Å². The van der Waals surface area contributed by atoms with E-state index >= 15 is 0 Å². The molecule has 3 rings (SSSR count). The molecule has 2 aliphatic rings. The summed E-state index contributed by atoms with van der Waals surface area (Å²) in [5, 5.41) is 3.02. The molecular formula is C17H21F2NO2.